The molecule has 1 aromatic rings. The minimum absolute atomic E-state index is 0.165. The Morgan fingerprint density at radius 3 is 2.58 bits per heavy atom. The molecule has 1 aliphatic rings. The highest BCUT2D eigenvalue weighted by atomic mass is 32.2. The maximum Gasteiger partial charge on any atom is 0.238 e. The molecule has 1 fully saturated rings. The van der Waals surface area contributed by atoms with E-state index < -0.39 is 10.0 Å². The van der Waals surface area contributed by atoms with Gasteiger partial charge in [0.05, 0.1) is 4.90 Å². The zero-order chi connectivity index (χ0) is 13.9. The SMILES string of the molecule is CNCC1CCCCN1c1ccc(S(N)(=O)=O)cc1. The first-order chi connectivity index (χ1) is 9.02. The van der Waals surface area contributed by atoms with Gasteiger partial charge < -0.3 is 10.2 Å². The van der Waals surface area contributed by atoms with E-state index in [0.29, 0.717) is 6.04 Å². The van der Waals surface area contributed by atoms with Gasteiger partial charge in [-0.2, -0.15) is 0 Å². The van der Waals surface area contributed by atoms with Gasteiger partial charge in [0.25, 0.3) is 0 Å². The van der Waals surface area contributed by atoms with Crippen molar-refractivity contribution >= 4 is 15.7 Å². The molecule has 106 valence electrons. The lowest BCUT2D eigenvalue weighted by molar-refractivity contribution is 0.446. The number of rotatable bonds is 4. The van der Waals surface area contributed by atoms with Crippen molar-refractivity contribution in [2.75, 3.05) is 25.0 Å². The van der Waals surface area contributed by atoms with Gasteiger partial charge in [-0.25, -0.2) is 13.6 Å². The fourth-order valence-corrected chi connectivity index (χ4v) is 3.13. The molecule has 1 unspecified atom stereocenters. The predicted molar refractivity (Wildman–Crippen MR) is 76.7 cm³/mol. The first kappa shape index (κ1) is 14.3. The Kier molecular flexibility index (Phi) is 4.44. The summed E-state index contributed by atoms with van der Waals surface area (Å²) in [6.45, 7) is 1.96. The highest BCUT2D eigenvalue weighted by Crippen LogP contribution is 2.25. The van der Waals surface area contributed by atoms with Gasteiger partial charge in [-0.3, -0.25) is 0 Å². The molecule has 2 rings (SSSR count). The number of hydrogen-bond acceptors (Lipinski definition) is 4. The van der Waals surface area contributed by atoms with Gasteiger partial charge in [-0.1, -0.05) is 0 Å². The average Bonchev–Trinajstić information content (AvgIpc) is 2.39. The molecule has 1 aliphatic heterocycles. The minimum Gasteiger partial charge on any atom is -0.367 e. The number of nitrogens with one attached hydrogen (secondary N) is 1. The third-order valence-corrected chi connectivity index (χ3v) is 4.49. The number of likely N-dealkylation sites (N-methyl/N-ethyl adjacent to an activating group) is 1. The molecule has 0 aliphatic carbocycles. The molecule has 1 heterocycles. The summed E-state index contributed by atoms with van der Waals surface area (Å²) in [4.78, 5) is 2.51. The molecule has 6 heteroatoms. The van der Waals surface area contributed by atoms with Crippen molar-refractivity contribution in [3.8, 4) is 0 Å². The van der Waals surface area contributed by atoms with Crippen LogP contribution in [0.2, 0.25) is 0 Å². The van der Waals surface area contributed by atoms with E-state index in [9.17, 15) is 8.42 Å². The van der Waals surface area contributed by atoms with Crippen LogP contribution >= 0.6 is 0 Å². The van der Waals surface area contributed by atoms with Crippen LogP contribution in [0.4, 0.5) is 5.69 Å². The topological polar surface area (TPSA) is 75.4 Å². The minimum atomic E-state index is -3.60. The van der Waals surface area contributed by atoms with Crippen LogP contribution in [0.15, 0.2) is 29.2 Å². The monoisotopic (exact) mass is 283 g/mol. The molecule has 0 bridgehead atoms. The number of sulfonamides is 1. The smallest absolute Gasteiger partial charge is 0.238 e. The van der Waals surface area contributed by atoms with E-state index in [2.05, 4.69) is 10.2 Å². The van der Waals surface area contributed by atoms with Gasteiger partial charge in [0, 0.05) is 24.8 Å². The normalized spacial score (nSPS) is 20.5. The number of piperidine rings is 1. The molecule has 1 saturated heterocycles. The lowest BCUT2D eigenvalue weighted by Gasteiger charge is -2.37. The van der Waals surface area contributed by atoms with Crippen molar-refractivity contribution in [1.82, 2.24) is 5.32 Å². The Balaban J connectivity index is 2.20. The first-order valence-corrected chi connectivity index (χ1v) is 8.11. The number of nitrogens with two attached hydrogens (primary N) is 1. The zero-order valence-electron chi connectivity index (χ0n) is 11.2. The van der Waals surface area contributed by atoms with Gasteiger partial charge in [-0.15, -0.1) is 0 Å². The van der Waals surface area contributed by atoms with Crippen LogP contribution in [-0.4, -0.2) is 34.6 Å². The molecule has 0 saturated carbocycles. The molecule has 0 amide bonds. The van der Waals surface area contributed by atoms with Crippen LogP contribution in [0.5, 0.6) is 0 Å². The van der Waals surface area contributed by atoms with Crippen molar-refractivity contribution in [3.63, 3.8) is 0 Å². The molecule has 3 N–H and O–H groups in total. The molecule has 5 nitrogen and oxygen atoms in total. The van der Waals surface area contributed by atoms with Crippen LogP contribution in [0.3, 0.4) is 0 Å². The Morgan fingerprint density at radius 1 is 1.32 bits per heavy atom. The molecular weight excluding hydrogens is 262 g/mol. The lowest BCUT2D eigenvalue weighted by atomic mass is 10.0. The summed E-state index contributed by atoms with van der Waals surface area (Å²) < 4.78 is 22.5. The molecule has 0 radical (unpaired) electrons. The summed E-state index contributed by atoms with van der Waals surface area (Å²) in [6.07, 6.45) is 3.59. The standard InChI is InChI=1S/C13H21N3O2S/c1-15-10-12-4-2-3-9-16(12)11-5-7-13(8-6-11)19(14,17)18/h5-8,12,15H,2-4,9-10H2,1H3,(H2,14,17,18). The second-order valence-electron chi connectivity index (χ2n) is 4.94. The van der Waals surface area contributed by atoms with Gasteiger partial charge in [0.15, 0.2) is 0 Å². The lowest BCUT2D eigenvalue weighted by Crippen LogP contribution is -2.45. The van der Waals surface area contributed by atoms with Crippen LogP contribution < -0.4 is 15.4 Å². The van der Waals surface area contributed by atoms with Crippen LogP contribution in [-0.2, 0) is 10.0 Å². The summed E-state index contributed by atoms with van der Waals surface area (Å²) in [5, 5.41) is 8.32. The van der Waals surface area contributed by atoms with Crippen molar-refractivity contribution in [1.29, 1.82) is 0 Å². The third kappa shape index (κ3) is 3.46. The van der Waals surface area contributed by atoms with Crippen LogP contribution in [0.25, 0.3) is 0 Å². The average molecular weight is 283 g/mol. The predicted octanol–water partition coefficient (Wildman–Crippen LogP) is 0.912. The Labute approximate surface area is 114 Å². The van der Waals surface area contributed by atoms with E-state index in [0.717, 1.165) is 25.2 Å². The zero-order valence-corrected chi connectivity index (χ0v) is 12.0. The number of benzene rings is 1. The maximum absolute atomic E-state index is 11.2. The molecule has 0 spiro atoms. The molecular formula is C13H21N3O2S. The second kappa shape index (κ2) is 5.90. The van der Waals surface area contributed by atoms with Gasteiger partial charge in [-0.05, 0) is 50.6 Å². The van der Waals surface area contributed by atoms with Crippen molar-refractivity contribution in [2.45, 2.75) is 30.2 Å². The van der Waals surface area contributed by atoms with E-state index >= 15 is 0 Å². The fourth-order valence-electron chi connectivity index (χ4n) is 2.62. The summed E-state index contributed by atoms with van der Waals surface area (Å²) in [7, 11) is -1.65. The summed E-state index contributed by atoms with van der Waals surface area (Å²) in [6, 6.07) is 7.31. The highest BCUT2D eigenvalue weighted by molar-refractivity contribution is 7.89. The number of hydrogen-bond donors (Lipinski definition) is 2. The highest BCUT2D eigenvalue weighted by Gasteiger charge is 2.22. The summed E-state index contributed by atoms with van der Waals surface area (Å²) >= 11 is 0. The molecule has 19 heavy (non-hydrogen) atoms. The van der Waals surface area contributed by atoms with E-state index in [1.165, 1.54) is 12.8 Å². The van der Waals surface area contributed by atoms with Crippen LogP contribution in [0.1, 0.15) is 19.3 Å². The summed E-state index contributed by atoms with van der Waals surface area (Å²) in [5.41, 5.74) is 1.06. The van der Waals surface area contributed by atoms with E-state index in [1.807, 2.05) is 19.2 Å². The Bertz CT molecular complexity index is 511. The van der Waals surface area contributed by atoms with Gasteiger partial charge in [0.1, 0.15) is 0 Å². The maximum atomic E-state index is 11.2. The van der Waals surface area contributed by atoms with Gasteiger partial charge in [0.2, 0.25) is 10.0 Å². The molecule has 1 aromatic carbocycles. The van der Waals surface area contributed by atoms with Crippen molar-refractivity contribution < 1.29 is 8.42 Å². The Hall–Kier alpha value is -1.11. The van der Waals surface area contributed by atoms with E-state index in [4.69, 9.17) is 5.14 Å². The quantitative estimate of drug-likeness (QED) is 0.861. The summed E-state index contributed by atoms with van der Waals surface area (Å²) in [5.74, 6) is 0. The molecule has 1 atom stereocenters. The van der Waals surface area contributed by atoms with Crippen LogP contribution in [0, 0.1) is 0 Å². The fraction of sp³-hybridized carbons (Fsp3) is 0.538. The third-order valence-electron chi connectivity index (χ3n) is 3.56. The number of primary sulfonamides is 1. The number of anilines is 1. The van der Waals surface area contributed by atoms with E-state index in [-0.39, 0.29) is 4.90 Å². The largest absolute Gasteiger partial charge is 0.367 e. The van der Waals surface area contributed by atoms with Crippen molar-refractivity contribution in [2.24, 2.45) is 5.14 Å². The van der Waals surface area contributed by atoms with Crippen molar-refractivity contribution in [3.05, 3.63) is 24.3 Å². The Morgan fingerprint density at radius 2 is 2.00 bits per heavy atom. The van der Waals surface area contributed by atoms with E-state index in [1.54, 1.807) is 12.1 Å². The second-order valence-corrected chi connectivity index (χ2v) is 6.50. The number of nitrogens with zero attached hydrogens (tertiary/aromatic N) is 1. The molecule has 0 aromatic heterocycles. The van der Waals surface area contributed by atoms with Gasteiger partial charge >= 0.3 is 0 Å². The first-order valence-electron chi connectivity index (χ1n) is 6.56.